The van der Waals surface area contributed by atoms with Crippen LogP contribution < -0.4 is 0 Å². The van der Waals surface area contributed by atoms with Crippen molar-refractivity contribution in [2.75, 3.05) is 6.61 Å². The van der Waals surface area contributed by atoms with Crippen LogP contribution in [0.25, 0.3) is 0 Å². The Hall–Kier alpha value is -1.41. The number of hydrogen-bond donors (Lipinski definition) is 1. The second kappa shape index (κ2) is 22.7. The first kappa shape index (κ1) is 20.9. The van der Waals surface area contributed by atoms with E-state index >= 15 is 0 Å². The van der Waals surface area contributed by atoms with Gasteiger partial charge in [-0.1, -0.05) is 56.4 Å². The van der Waals surface area contributed by atoms with E-state index in [1.807, 2.05) is 12.2 Å². The third-order valence-corrected chi connectivity index (χ3v) is 2.25. The summed E-state index contributed by atoms with van der Waals surface area (Å²) in [7, 11) is 0. The number of aliphatic hydroxyl groups is 1. The Labute approximate surface area is 124 Å². The Morgan fingerprint density at radius 2 is 1.30 bits per heavy atom. The second-order valence-electron chi connectivity index (χ2n) is 4.12. The Morgan fingerprint density at radius 1 is 0.750 bits per heavy atom. The topological polar surface area (TPSA) is 37.3 Å². The molecule has 0 heterocycles. The second-order valence-corrected chi connectivity index (χ2v) is 4.12. The molecular weight excluding hydrogens is 248 g/mol. The van der Waals surface area contributed by atoms with Gasteiger partial charge in [-0.05, 0) is 44.6 Å². The highest BCUT2D eigenvalue weighted by molar-refractivity contribution is 5.64. The molecule has 0 spiro atoms. The minimum atomic E-state index is 0.258. The monoisotopic (exact) mass is 278 g/mol. The minimum Gasteiger partial charge on any atom is -0.396 e. The molecule has 0 saturated heterocycles. The zero-order chi connectivity index (χ0) is 15.3. The van der Waals surface area contributed by atoms with E-state index < -0.39 is 0 Å². The van der Waals surface area contributed by atoms with Gasteiger partial charge in [0.2, 0.25) is 0 Å². The van der Waals surface area contributed by atoms with E-state index in [2.05, 4.69) is 44.2 Å². The number of rotatable bonds is 10. The van der Waals surface area contributed by atoms with Crippen molar-refractivity contribution in [3.63, 3.8) is 0 Å². The summed E-state index contributed by atoms with van der Waals surface area (Å²) in [5.74, 6) is 0. The molecule has 1 N–H and O–H groups in total. The Bertz CT molecular complexity index is 286. The zero-order valence-electron chi connectivity index (χ0n) is 13.0. The fourth-order valence-electron chi connectivity index (χ4n) is 1.26. The van der Waals surface area contributed by atoms with Gasteiger partial charge in [0.1, 0.15) is 6.29 Å². The summed E-state index contributed by atoms with van der Waals surface area (Å²) >= 11 is 0. The lowest BCUT2D eigenvalue weighted by atomic mass is 10.2. The van der Waals surface area contributed by atoms with Gasteiger partial charge in [0.15, 0.2) is 0 Å². The molecule has 0 radical (unpaired) electrons. The van der Waals surface area contributed by atoms with Gasteiger partial charge >= 0.3 is 0 Å². The fourth-order valence-corrected chi connectivity index (χ4v) is 1.26. The highest BCUT2D eigenvalue weighted by Gasteiger charge is 1.74. The molecule has 0 aliphatic rings. The number of carbonyl (C=O) groups excluding carboxylic acids is 1. The number of hydrogen-bond acceptors (Lipinski definition) is 2. The van der Waals surface area contributed by atoms with Crippen molar-refractivity contribution < 1.29 is 9.90 Å². The molecule has 0 amide bonds. The maximum absolute atomic E-state index is 9.79. The summed E-state index contributed by atoms with van der Waals surface area (Å²) in [4.78, 5) is 9.79. The lowest BCUT2D eigenvalue weighted by Crippen LogP contribution is -1.74. The molecular formula is C18H30O2. The maximum atomic E-state index is 9.79. The predicted octanol–water partition coefficient (Wildman–Crippen LogP) is 4.77. The first-order valence-electron chi connectivity index (χ1n) is 7.49. The van der Waals surface area contributed by atoms with Gasteiger partial charge in [0.25, 0.3) is 0 Å². The molecule has 0 rings (SSSR count). The highest BCUT2D eigenvalue weighted by atomic mass is 16.2. The van der Waals surface area contributed by atoms with E-state index in [9.17, 15) is 4.79 Å². The smallest absolute Gasteiger partial charge is 0.142 e. The molecule has 0 aromatic heterocycles. The predicted molar refractivity (Wildman–Crippen MR) is 88.8 cm³/mol. The molecule has 20 heavy (non-hydrogen) atoms. The molecule has 0 aromatic rings. The average Bonchev–Trinajstić information content (AvgIpc) is 2.47. The molecule has 0 saturated carbocycles. The lowest BCUT2D eigenvalue weighted by molar-refractivity contribution is -0.104. The van der Waals surface area contributed by atoms with Crippen LogP contribution in [0.3, 0.4) is 0 Å². The van der Waals surface area contributed by atoms with Gasteiger partial charge in [-0.25, -0.2) is 0 Å². The van der Waals surface area contributed by atoms with Crippen LogP contribution in [0.1, 0.15) is 52.4 Å². The van der Waals surface area contributed by atoms with Crippen molar-refractivity contribution >= 4 is 6.29 Å². The van der Waals surface area contributed by atoms with Gasteiger partial charge in [-0.2, -0.15) is 0 Å². The van der Waals surface area contributed by atoms with Gasteiger partial charge in [0, 0.05) is 6.61 Å². The number of carbonyl (C=O) groups is 1. The van der Waals surface area contributed by atoms with Crippen LogP contribution in [0, 0.1) is 0 Å². The molecule has 0 aliphatic heterocycles. The summed E-state index contributed by atoms with van der Waals surface area (Å²) in [5.41, 5.74) is 0. The quantitative estimate of drug-likeness (QED) is 0.270. The van der Waals surface area contributed by atoms with Crippen LogP contribution in [0.2, 0.25) is 0 Å². The summed E-state index contributed by atoms with van der Waals surface area (Å²) in [5, 5.41) is 8.40. The third-order valence-electron chi connectivity index (χ3n) is 2.25. The molecule has 0 fully saturated rings. The number of aliphatic hydroxyl groups excluding tert-OH is 1. The van der Waals surface area contributed by atoms with Crippen LogP contribution in [-0.4, -0.2) is 18.0 Å². The van der Waals surface area contributed by atoms with Crippen molar-refractivity contribution in [2.24, 2.45) is 0 Å². The van der Waals surface area contributed by atoms with Gasteiger partial charge in [-0.15, -0.1) is 0 Å². The third kappa shape index (κ3) is 25.4. The molecule has 0 aliphatic carbocycles. The summed E-state index contributed by atoms with van der Waals surface area (Å²) < 4.78 is 0. The van der Waals surface area contributed by atoms with Gasteiger partial charge < -0.3 is 5.11 Å². The van der Waals surface area contributed by atoms with E-state index in [1.54, 1.807) is 6.08 Å². The van der Waals surface area contributed by atoms with Crippen molar-refractivity contribution in [3.05, 3.63) is 48.6 Å². The fraction of sp³-hybridized carbons (Fsp3) is 0.500. The molecule has 0 aromatic carbocycles. The van der Waals surface area contributed by atoms with Crippen molar-refractivity contribution in [1.29, 1.82) is 0 Å². The molecule has 0 bridgehead atoms. The van der Waals surface area contributed by atoms with Crippen LogP contribution in [-0.2, 0) is 4.79 Å². The maximum Gasteiger partial charge on any atom is 0.142 e. The minimum absolute atomic E-state index is 0.258. The summed E-state index contributed by atoms with van der Waals surface area (Å²) in [6, 6.07) is 0. The lowest BCUT2D eigenvalue weighted by Gasteiger charge is -1.83. The van der Waals surface area contributed by atoms with E-state index in [1.165, 1.54) is 0 Å². The van der Waals surface area contributed by atoms with E-state index in [0.29, 0.717) is 0 Å². The largest absolute Gasteiger partial charge is 0.396 e. The Balaban J connectivity index is 0. The van der Waals surface area contributed by atoms with Crippen LogP contribution in [0.4, 0.5) is 0 Å². The number of aldehydes is 1. The molecule has 114 valence electrons. The average molecular weight is 278 g/mol. The molecule has 2 nitrogen and oxygen atoms in total. The van der Waals surface area contributed by atoms with Crippen molar-refractivity contribution in [2.45, 2.75) is 52.4 Å². The van der Waals surface area contributed by atoms with Crippen LogP contribution >= 0.6 is 0 Å². The van der Waals surface area contributed by atoms with Crippen LogP contribution in [0.15, 0.2) is 48.6 Å². The molecule has 2 heteroatoms. The zero-order valence-corrected chi connectivity index (χ0v) is 13.0. The summed E-state index contributed by atoms with van der Waals surface area (Å²) in [6.07, 6.45) is 22.8. The van der Waals surface area contributed by atoms with E-state index in [0.717, 1.165) is 44.8 Å². The SMILES string of the molecule is CC/C=C\C/C=C\CCO.CC/C=C\CC/C=C/C=O. The first-order chi connectivity index (χ1) is 9.83. The number of unbranched alkanes of at least 4 members (excludes halogenated alkanes) is 1. The van der Waals surface area contributed by atoms with E-state index in [-0.39, 0.29) is 6.61 Å². The van der Waals surface area contributed by atoms with Gasteiger partial charge in [0.05, 0.1) is 0 Å². The normalized spacial score (nSPS) is 11.6. The molecule has 0 unspecified atom stereocenters. The highest BCUT2D eigenvalue weighted by Crippen LogP contribution is 1.93. The van der Waals surface area contributed by atoms with Crippen molar-refractivity contribution in [1.82, 2.24) is 0 Å². The van der Waals surface area contributed by atoms with Gasteiger partial charge in [-0.3, -0.25) is 4.79 Å². The van der Waals surface area contributed by atoms with Crippen LogP contribution in [0.5, 0.6) is 0 Å². The van der Waals surface area contributed by atoms with Crippen molar-refractivity contribution in [3.8, 4) is 0 Å². The standard InChI is InChI=1S/C9H16O.C9H14O/c2*1-2-3-4-5-6-7-8-9-10/h3-4,6-7,10H,2,5,8-9H2,1H3;3-4,7-9H,2,5-6H2,1H3/b4-3-,7-6-;4-3-,8-7+. The summed E-state index contributed by atoms with van der Waals surface area (Å²) in [6.45, 7) is 4.49. The van der Waals surface area contributed by atoms with E-state index in [4.69, 9.17) is 5.11 Å². The Kier molecular flexibility index (Phi) is 23.8. The number of allylic oxidation sites excluding steroid dienone is 7. The molecule has 0 atom stereocenters. The first-order valence-corrected chi connectivity index (χ1v) is 7.49. The Morgan fingerprint density at radius 3 is 1.90 bits per heavy atom.